The molecule has 0 aliphatic heterocycles. The SMILES string of the molecule is COc1ccc(CNc2nccc(C(=O)N(C)Cc3ccccc3)n2)cc1OC. The standard InChI is InChI=1S/C22H24N4O3/c1-26(15-16-7-5-4-6-8-16)21(27)18-11-12-23-22(25-18)24-14-17-9-10-19(28-2)20(13-17)29-3/h4-13H,14-15H2,1-3H3,(H,23,24,25). The van der Waals surface area contributed by atoms with Gasteiger partial charge in [0.2, 0.25) is 5.95 Å². The van der Waals surface area contributed by atoms with E-state index in [-0.39, 0.29) is 5.91 Å². The van der Waals surface area contributed by atoms with E-state index in [1.54, 1.807) is 38.4 Å². The monoisotopic (exact) mass is 392 g/mol. The van der Waals surface area contributed by atoms with Gasteiger partial charge in [0, 0.05) is 26.3 Å². The van der Waals surface area contributed by atoms with Crippen molar-refractivity contribution in [3.63, 3.8) is 0 Å². The van der Waals surface area contributed by atoms with Gasteiger partial charge < -0.3 is 19.7 Å². The van der Waals surface area contributed by atoms with Crippen LogP contribution in [0.1, 0.15) is 21.6 Å². The summed E-state index contributed by atoms with van der Waals surface area (Å²) in [5.41, 5.74) is 2.38. The number of nitrogens with one attached hydrogen (secondary N) is 1. The molecule has 7 heteroatoms. The van der Waals surface area contributed by atoms with Crippen molar-refractivity contribution in [1.29, 1.82) is 0 Å². The first-order valence-electron chi connectivity index (χ1n) is 9.18. The largest absolute Gasteiger partial charge is 0.493 e. The minimum absolute atomic E-state index is 0.162. The van der Waals surface area contributed by atoms with Gasteiger partial charge in [0.05, 0.1) is 14.2 Å². The van der Waals surface area contributed by atoms with E-state index < -0.39 is 0 Å². The predicted octanol–water partition coefficient (Wildman–Crippen LogP) is 3.38. The second kappa shape index (κ2) is 9.54. The van der Waals surface area contributed by atoms with Crippen molar-refractivity contribution in [1.82, 2.24) is 14.9 Å². The summed E-state index contributed by atoms with van der Waals surface area (Å²) in [6.45, 7) is 0.996. The number of hydrogen-bond acceptors (Lipinski definition) is 6. The summed E-state index contributed by atoms with van der Waals surface area (Å²) in [4.78, 5) is 22.9. The number of nitrogens with zero attached hydrogens (tertiary/aromatic N) is 3. The Labute approximate surface area is 170 Å². The molecule has 0 saturated heterocycles. The van der Waals surface area contributed by atoms with E-state index in [9.17, 15) is 4.79 Å². The molecule has 2 aromatic carbocycles. The first-order chi connectivity index (χ1) is 14.1. The highest BCUT2D eigenvalue weighted by molar-refractivity contribution is 5.92. The fourth-order valence-corrected chi connectivity index (χ4v) is 2.86. The van der Waals surface area contributed by atoms with E-state index in [0.717, 1.165) is 11.1 Å². The van der Waals surface area contributed by atoms with Crippen LogP contribution in [0.5, 0.6) is 11.5 Å². The molecule has 0 bridgehead atoms. The molecule has 150 valence electrons. The van der Waals surface area contributed by atoms with Crippen LogP contribution in [0.25, 0.3) is 0 Å². The van der Waals surface area contributed by atoms with E-state index in [1.807, 2.05) is 48.5 Å². The van der Waals surface area contributed by atoms with E-state index >= 15 is 0 Å². The number of anilines is 1. The molecule has 1 N–H and O–H groups in total. The zero-order chi connectivity index (χ0) is 20.6. The van der Waals surface area contributed by atoms with Crippen LogP contribution in [-0.2, 0) is 13.1 Å². The normalized spacial score (nSPS) is 10.3. The molecule has 7 nitrogen and oxygen atoms in total. The van der Waals surface area contributed by atoms with Gasteiger partial charge >= 0.3 is 0 Å². The maximum absolute atomic E-state index is 12.7. The van der Waals surface area contributed by atoms with Gasteiger partial charge in [-0.25, -0.2) is 9.97 Å². The average Bonchev–Trinajstić information content (AvgIpc) is 2.77. The van der Waals surface area contributed by atoms with Gasteiger partial charge in [0.25, 0.3) is 5.91 Å². The lowest BCUT2D eigenvalue weighted by atomic mass is 10.2. The lowest BCUT2D eigenvalue weighted by Crippen LogP contribution is -2.27. The molecule has 3 aromatic rings. The van der Waals surface area contributed by atoms with Gasteiger partial charge in [-0.15, -0.1) is 0 Å². The second-order valence-electron chi connectivity index (χ2n) is 6.46. The summed E-state index contributed by atoms with van der Waals surface area (Å²) < 4.78 is 10.6. The first kappa shape index (κ1) is 20.1. The number of rotatable bonds is 8. The summed E-state index contributed by atoms with van der Waals surface area (Å²) in [5, 5.41) is 3.14. The van der Waals surface area contributed by atoms with Gasteiger partial charge in [-0.3, -0.25) is 4.79 Å². The zero-order valence-electron chi connectivity index (χ0n) is 16.8. The smallest absolute Gasteiger partial charge is 0.272 e. The van der Waals surface area contributed by atoms with Crippen LogP contribution in [0.15, 0.2) is 60.8 Å². The molecule has 1 amide bonds. The Balaban J connectivity index is 1.65. The molecule has 29 heavy (non-hydrogen) atoms. The van der Waals surface area contributed by atoms with Gasteiger partial charge in [-0.2, -0.15) is 0 Å². The average molecular weight is 392 g/mol. The Kier molecular flexibility index (Phi) is 6.63. The summed E-state index contributed by atoms with van der Waals surface area (Å²) in [6, 6.07) is 17.1. The van der Waals surface area contributed by atoms with E-state index in [1.165, 1.54) is 0 Å². The predicted molar refractivity (Wildman–Crippen MR) is 111 cm³/mol. The van der Waals surface area contributed by atoms with Gasteiger partial charge in [0.1, 0.15) is 5.69 Å². The van der Waals surface area contributed by atoms with Crippen molar-refractivity contribution in [3.05, 3.63) is 77.6 Å². The minimum Gasteiger partial charge on any atom is -0.493 e. The maximum atomic E-state index is 12.7. The molecule has 0 aliphatic rings. The maximum Gasteiger partial charge on any atom is 0.272 e. The first-order valence-corrected chi connectivity index (χ1v) is 9.18. The summed E-state index contributed by atoms with van der Waals surface area (Å²) in [7, 11) is 4.95. The number of methoxy groups -OCH3 is 2. The van der Waals surface area contributed by atoms with Crippen molar-refractivity contribution >= 4 is 11.9 Å². The summed E-state index contributed by atoms with van der Waals surface area (Å²) >= 11 is 0. The van der Waals surface area contributed by atoms with Crippen molar-refractivity contribution in [2.45, 2.75) is 13.1 Å². The summed E-state index contributed by atoms with van der Waals surface area (Å²) in [6.07, 6.45) is 1.58. The van der Waals surface area contributed by atoms with Crippen LogP contribution in [0.2, 0.25) is 0 Å². The molecule has 1 heterocycles. The van der Waals surface area contributed by atoms with Crippen LogP contribution in [-0.4, -0.2) is 42.0 Å². The molecule has 0 atom stereocenters. The number of hydrogen-bond donors (Lipinski definition) is 1. The number of benzene rings is 2. The Morgan fingerprint density at radius 2 is 1.76 bits per heavy atom. The van der Waals surface area contributed by atoms with Crippen molar-refractivity contribution in [2.24, 2.45) is 0 Å². The van der Waals surface area contributed by atoms with Crippen LogP contribution in [0.3, 0.4) is 0 Å². The Bertz CT molecular complexity index is 963. The van der Waals surface area contributed by atoms with Gasteiger partial charge in [0.15, 0.2) is 11.5 Å². The van der Waals surface area contributed by atoms with Gasteiger partial charge in [-0.1, -0.05) is 36.4 Å². The molecule has 0 aliphatic carbocycles. The van der Waals surface area contributed by atoms with E-state index in [4.69, 9.17) is 9.47 Å². The number of ether oxygens (including phenoxy) is 2. The number of amides is 1. The fraction of sp³-hybridized carbons (Fsp3) is 0.227. The third-order valence-corrected chi connectivity index (χ3v) is 4.38. The topological polar surface area (TPSA) is 76.6 Å². The van der Waals surface area contributed by atoms with Crippen molar-refractivity contribution in [3.8, 4) is 11.5 Å². The van der Waals surface area contributed by atoms with E-state index in [2.05, 4.69) is 15.3 Å². The highest BCUT2D eigenvalue weighted by Gasteiger charge is 2.14. The highest BCUT2D eigenvalue weighted by Crippen LogP contribution is 2.27. The molecule has 0 fully saturated rings. The molecule has 1 aromatic heterocycles. The number of carbonyl (C=O) groups excluding carboxylic acids is 1. The van der Waals surface area contributed by atoms with Crippen LogP contribution < -0.4 is 14.8 Å². The molecular weight excluding hydrogens is 368 g/mol. The Morgan fingerprint density at radius 1 is 1.00 bits per heavy atom. The zero-order valence-corrected chi connectivity index (χ0v) is 16.8. The molecule has 0 saturated carbocycles. The molecule has 0 unspecified atom stereocenters. The molecule has 3 rings (SSSR count). The van der Waals surface area contributed by atoms with Crippen LogP contribution in [0.4, 0.5) is 5.95 Å². The fourth-order valence-electron chi connectivity index (χ4n) is 2.86. The summed E-state index contributed by atoms with van der Waals surface area (Å²) in [5.74, 6) is 1.55. The lowest BCUT2D eigenvalue weighted by Gasteiger charge is -2.17. The van der Waals surface area contributed by atoms with Crippen LogP contribution in [0, 0.1) is 0 Å². The van der Waals surface area contributed by atoms with Crippen molar-refractivity contribution < 1.29 is 14.3 Å². The lowest BCUT2D eigenvalue weighted by molar-refractivity contribution is 0.0779. The third-order valence-electron chi connectivity index (χ3n) is 4.38. The molecule has 0 radical (unpaired) electrons. The third kappa shape index (κ3) is 5.22. The Hall–Kier alpha value is -3.61. The minimum atomic E-state index is -0.162. The highest BCUT2D eigenvalue weighted by atomic mass is 16.5. The molecule has 0 spiro atoms. The number of aromatic nitrogens is 2. The second-order valence-corrected chi connectivity index (χ2v) is 6.46. The number of carbonyl (C=O) groups is 1. The Morgan fingerprint density at radius 3 is 2.48 bits per heavy atom. The van der Waals surface area contributed by atoms with Crippen LogP contribution >= 0.6 is 0 Å². The van der Waals surface area contributed by atoms with Crippen molar-refractivity contribution in [2.75, 3.05) is 26.6 Å². The quantitative estimate of drug-likeness (QED) is 0.633. The molecular formula is C22H24N4O3. The van der Waals surface area contributed by atoms with E-state index in [0.29, 0.717) is 36.2 Å². The van der Waals surface area contributed by atoms with Gasteiger partial charge in [-0.05, 0) is 29.3 Å².